The molecule has 6 heteroatoms. The van der Waals surface area contributed by atoms with Crippen LogP contribution < -0.4 is 16.0 Å². The summed E-state index contributed by atoms with van der Waals surface area (Å²) in [6.45, 7) is 3.52. The molecule has 0 saturated carbocycles. The van der Waals surface area contributed by atoms with E-state index in [0.717, 1.165) is 22.6 Å². The largest absolute Gasteiger partial charge is 0.340 e. The first-order valence-electron chi connectivity index (χ1n) is 7.89. The second-order valence-corrected chi connectivity index (χ2v) is 5.61. The van der Waals surface area contributed by atoms with Crippen molar-refractivity contribution < 1.29 is 4.79 Å². The Morgan fingerprint density at radius 3 is 2.20 bits per heavy atom. The second-order valence-electron chi connectivity index (χ2n) is 5.61. The van der Waals surface area contributed by atoms with Crippen LogP contribution in [0.2, 0.25) is 0 Å². The van der Waals surface area contributed by atoms with Crippen LogP contribution in [0.15, 0.2) is 60.9 Å². The molecule has 3 N–H and O–H groups in total. The Labute approximate surface area is 146 Å². The zero-order valence-electron chi connectivity index (χ0n) is 14.1. The molecular formula is C19H19N5O. The summed E-state index contributed by atoms with van der Waals surface area (Å²) in [6.07, 6.45) is 1.51. The van der Waals surface area contributed by atoms with E-state index in [2.05, 4.69) is 25.9 Å². The molecule has 1 aromatic heterocycles. The number of anilines is 5. The minimum Gasteiger partial charge on any atom is -0.340 e. The normalized spacial score (nSPS) is 10.2. The first-order chi connectivity index (χ1) is 12.1. The van der Waals surface area contributed by atoms with E-state index in [1.54, 1.807) is 0 Å². The second kappa shape index (κ2) is 7.44. The molecule has 0 unspecified atom stereocenters. The Kier molecular flexibility index (Phi) is 4.89. The van der Waals surface area contributed by atoms with Crippen LogP contribution in [0.3, 0.4) is 0 Å². The van der Waals surface area contributed by atoms with Crippen LogP contribution in [0.4, 0.5) is 28.7 Å². The molecule has 0 fully saturated rings. The number of nitrogens with one attached hydrogen (secondary N) is 3. The molecule has 126 valence electrons. The Hall–Kier alpha value is -3.41. The van der Waals surface area contributed by atoms with Crippen molar-refractivity contribution in [3.8, 4) is 0 Å². The van der Waals surface area contributed by atoms with Crippen LogP contribution in [0.5, 0.6) is 0 Å². The Bertz CT molecular complexity index is 877. The van der Waals surface area contributed by atoms with Crippen molar-refractivity contribution in [2.24, 2.45) is 0 Å². The van der Waals surface area contributed by atoms with Crippen molar-refractivity contribution in [3.63, 3.8) is 0 Å². The van der Waals surface area contributed by atoms with Crippen LogP contribution in [-0.4, -0.2) is 15.9 Å². The van der Waals surface area contributed by atoms with Gasteiger partial charge in [0.15, 0.2) is 0 Å². The predicted molar refractivity (Wildman–Crippen MR) is 101 cm³/mol. The highest BCUT2D eigenvalue weighted by molar-refractivity contribution is 5.88. The van der Waals surface area contributed by atoms with E-state index in [0.29, 0.717) is 11.6 Å². The monoisotopic (exact) mass is 333 g/mol. The smallest absolute Gasteiger partial charge is 0.221 e. The Morgan fingerprint density at radius 1 is 0.880 bits per heavy atom. The van der Waals surface area contributed by atoms with E-state index < -0.39 is 0 Å². The molecule has 0 atom stereocenters. The first-order valence-corrected chi connectivity index (χ1v) is 7.89. The number of nitrogens with zero attached hydrogens (tertiary/aromatic N) is 2. The highest BCUT2D eigenvalue weighted by atomic mass is 16.1. The third kappa shape index (κ3) is 4.54. The molecule has 1 amide bonds. The average molecular weight is 333 g/mol. The summed E-state index contributed by atoms with van der Waals surface area (Å²) in [7, 11) is 0. The molecule has 1 heterocycles. The lowest BCUT2D eigenvalue weighted by Gasteiger charge is -2.11. The molecule has 0 radical (unpaired) electrons. The zero-order chi connectivity index (χ0) is 17.6. The quantitative estimate of drug-likeness (QED) is 0.651. The standard InChI is InChI=1S/C19H19N5O/c1-13-5-3-4-6-17(13)24-19-11-18(20-12-21-19)23-16-9-7-15(8-10-16)22-14(2)25/h3-12H,1-2H3,(H,22,25)(H2,20,21,23,24). The summed E-state index contributed by atoms with van der Waals surface area (Å²) in [5, 5.41) is 9.25. The van der Waals surface area contributed by atoms with Crippen molar-refractivity contribution in [2.45, 2.75) is 13.8 Å². The minimum atomic E-state index is -0.0940. The van der Waals surface area contributed by atoms with Gasteiger partial charge in [-0.15, -0.1) is 0 Å². The topological polar surface area (TPSA) is 78.9 Å². The summed E-state index contributed by atoms with van der Waals surface area (Å²) >= 11 is 0. The summed E-state index contributed by atoms with van der Waals surface area (Å²) < 4.78 is 0. The maximum Gasteiger partial charge on any atom is 0.221 e. The lowest BCUT2D eigenvalue weighted by atomic mass is 10.2. The van der Waals surface area contributed by atoms with E-state index in [4.69, 9.17) is 0 Å². The van der Waals surface area contributed by atoms with Gasteiger partial charge < -0.3 is 16.0 Å². The van der Waals surface area contributed by atoms with Crippen molar-refractivity contribution in [2.75, 3.05) is 16.0 Å². The van der Waals surface area contributed by atoms with Crippen LogP contribution in [0.25, 0.3) is 0 Å². The lowest BCUT2D eigenvalue weighted by molar-refractivity contribution is -0.114. The van der Waals surface area contributed by atoms with Crippen LogP contribution in [0, 0.1) is 6.92 Å². The van der Waals surface area contributed by atoms with E-state index in [1.165, 1.54) is 13.3 Å². The maximum atomic E-state index is 11.0. The van der Waals surface area contributed by atoms with Crippen LogP contribution in [-0.2, 0) is 4.79 Å². The highest BCUT2D eigenvalue weighted by Gasteiger charge is 2.03. The lowest BCUT2D eigenvalue weighted by Crippen LogP contribution is -2.05. The number of hydrogen-bond donors (Lipinski definition) is 3. The third-order valence-corrected chi connectivity index (χ3v) is 3.55. The molecule has 0 spiro atoms. The van der Waals surface area contributed by atoms with Crippen LogP contribution in [0.1, 0.15) is 12.5 Å². The molecule has 2 aromatic carbocycles. The SMILES string of the molecule is CC(=O)Nc1ccc(Nc2cc(Nc3ccccc3C)ncn2)cc1. The molecule has 0 aliphatic carbocycles. The van der Waals surface area contributed by atoms with Crippen molar-refractivity contribution >= 4 is 34.6 Å². The van der Waals surface area contributed by atoms with Gasteiger partial charge in [-0.1, -0.05) is 18.2 Å². The third-order valence-electron chi connectivity index (χ3n) is 3.55. The van der Waals surface area contributed by atoms with Gasteiger partial charge in [0.05, 0.1) is 0 Å². The van der Waals surface area contributed by atoms with Gasteiger partial charge in [-0.05, 0) is 42.8 Å². The number of benzene rings is 2. The number of carbonyl (C=O) groups is 1. The first kappa shape index (κ1) is 16.4. The number of aryl methyl sites for hydroxylation is 1. The number of rotatable bonds is 5. The summed E-state index contributed by atoms with van der Waals surface area (Å²) in [6, 6.07) is 17.3. The van der Waals surface area contributed by atoms with Crippen LogP contribution >= 0.6 is 0 Å². The highest BCUT2D eigenvalue weighted by Crippen LogP contribution is 2.22. The number of amides is 1. The van der Waals surface area contributed by atoms with Gasteiger partial charge in [-0.2, -0.15) is 0 Å². The number of para-hydroxylation sites is 1. The van der Waals surface area contributed by atoms with E-state index in [9.17, 15) is 4.79 Å². The van der Waals surface area contributed by atoms with Crippen molar-refractivity contribution in [3.05, 3.63) is 66.5 Å². The fraction of sp³-hybridized carbons (Fsp3) is 0.105. The fourth-order valence-corrected chi connectivity index (χ4v) is 2.33. The number of aromatic nitrogens is 2. The van der Waals surface area contributed by atoms with Crippen molar-refractivity contribution in [1.29, 1.82) is 0 Å². The van der Waals surface area contributed by atoms with E-state index in [-0.39, 0.29) is 5.91 Å². The number of carbonyl (C=O) groups excluding carboxylic acids is 1. The van der Waals surface area contributed by atoms with Crippen molar-refractivity contribution in [1.82, 2.24) is 9.97 Å². The fourth-order valence-electron chi connectivity index (χ4n) is 2.33. The number of hydrogen-bond acceptors (Lipinski definition) is 5. The van der Waals surface area contributed by atoms with Gasteiger partial charge in [0.1, 0.15) is 18.0 Å². The Balaban J connectivity index is 1.71. The van der Waals surface area contributed by atoms with Gasteiger partial charge in [-0.25, -0.2) is 9.97 Å². The van der Waals surface area contributed by atoms with Gasteiger partial charge in [0.2, 0.25) is 5.91 Å². The molecule has 3 aromatic rings. The molecule has 0 bridgehead atoms. The zero-order valence-corrected chi connectivity index (χ0v) is 14.1. The summed E-state index contributed by atoms with van der Waals surface area (Å²) in [5.41, 5.74) is 3.77. The van der Waals surface area contributed by atoms with Gasteiger partial charge >= 0.3 is 0 Å². The summed E-state index contributed by atoms with van der Waals surface area (Å²) in [5.74, 6) is 1.29. The molecule has 25 heavy (non-hydrogen) atoms. The van der Waals surface area contributed by atoms with Gasteiger partial charge in [-0.3, -0.25) is 4.79 Å². The predicted octanol–water partition coefficient (Wildman–Crippen LogP) is 4.23. The molecular weight excluding hydrogens is 314 g/mol. The van der Waals surface area contributed by atoms with E-state index in [1.807, 2.05) is 61.5 Å². The molecule has 0 saturated heterocycles. The van der Waals surface area contributed by atoms with E-state index >= 15 is 0 Å². The molecule has 6 nitrogen and oxygen atoms in total. The maximum absolute atomic E-state index is 11.0. The Morgan fingerprint density at radius 2 is 1.52 bits per heavy atom. The average Bonchev–Trinajstić information content (AvgIpc) is 2.59. The molecule has 0 aliphatic rings. The van der Waals surface area contributed by atoms with Gasteiger partial charge in [0.25, 0.3) is 0 Å². The minimum absolute atomic E-state index is 0.0940. The molecule has 0 aliphatic heterocycles. The summed E-state index contributed by atoms with van der Waals surface area (Å²) in [4.78, 5) is 19.5. The molecule has 3 rings (SSSR count). The van der Waals surface area contributed by atoms with Gasteiger partial charge in [0, 0.05) is 30.1 Å².